The zero-order chi connectivity index (χ0) is 20.4. The van der Waals surface area contributed by atoms with Gasteiger partial charge in [-0.2, -0.15) is 5.10 Å². The molecule has 1 aromatic heterocycles. The monoisotopic (exact) mass is 386 g/mol. The lowest BCUT2D eigenvalue weighted by Gasteiger charge is -2.35. The van der Waals surface area contributed by atoms with E-state index in [4.69, 9.17) is 0 Å². The molecule has 0 unspecified atom stereocenters. The fourth-order valence-corrected chi connectivity index (χ4v) is 3.80. The number of β-amino-alcohol motifs (C(OH)–C–C–N with tert-alkyl or cyclic N) is 1. The number of likely N-dealkylation sites (N-methyl/N-ethyl adjacent to an activating group) is 1. The highest BCUT2D eigenvalue weighted by molar-refractivity contribution is 5.85. The van der Waals surface area contributed by atoms with Crippen LogP contribution in [0.25, 0.3) is 10.8 Å². The average molecular weight is 386 g/mol. The lowest BCUT2D eigenvalue weighted by atomic mass is 10.0. The zero-order valence-corrected chi connectivity index (χ0v) is 17.1. The van der Waals surface area contributed by atoms with Crippen LogP contribution in [0.1, 0.15) is 44.4 Å². The lowest BCUT2D eigenvalue weighted by Crippen LogP contribution is -2.54. The fourth-order valence-electron chi connectivity index (χ4n) is 3.80. The molecule has 1 amide bonds. The molecule has 2 heterocycles. The molecular weight excluding hydrogens is 356 g/mol. The number of hydrogen-bond donors (Lipinski definition) is 2. The van der Waals surface area contributed by atoms with Crippen LogP contribution in [0.5, 0.6) is 0 Å². The summed E-state index contributed by atoms with van der Waals surface area (Å²) in [5.74, 6) is -0.177. The van der Waals surface area contributed by atoms with Gasteiger partial charge in [-0.1, -0.05) is 32.4 Å². The summed E-state index contributed by atoms with van der Waals surface area (Å²) in [6, 6.07) is 5.38. The van der Waals surface area contributed by atoms with Gasteiger partial charge in [-0.15, -0.1) is 0 Å². The Morgan fingerprint density at radius 2 is 2.11 bits per heavy atom. The molecule has 0 bridgehead atoms. The van der Waals surface area contributed by atoms with Gasteiger partial charge in [0, 0.05) is 18.5 Å². The topological polar surface area (TPSA) is 87.5 Å². The van der Waals surface area contributed by atoms with Crippen LogP contribution in [-0.4, -0.2) is 57.5 Å². The maximum atomic E-state index is 12.9. The van der Waals surface area contributed by atoms with E-state index in [1.807, 2.05) is 32.9 Å². The second-order valence-electron chi connectivity index (χ2n) is 7.98. The summed E-state index contributed by atoms with van der Waals surface area (Å²) >= 11 is 0. The van der Waals surface area contributed by atoms with Gasteiger partial charge in [0.1, 0.15) is 6.54 Å². The van der Waals surface area contributed by atoms with Crippen molar-refractivity contribution in [2.24, 2.45) is 0 Å². The van der Waals surface area contributed by atoms with Gasteiger partial charge in [-0.3, -0.25) is 9.59 Å². The third-order valence-electron chi connectivity index (χ3n) is 5.44. The molecule has 2 aromatic rings. The standard InChI is InChI=1S/C21H30N4O3/c1-5-24-9-8-17(18(26)11-24)22-19(27)12-25-21(28)15-7-6-14(4)10-16(15)20(23-25)13(2)3/h6-7,10,13,17-18,26H,5,8-9,11-12H2,1-4H3,(H,22,27)/t17-,18+/m0/s1. The fraction of sp³-hybridized carbons (Fsp3) is 0.571. The summed E-state index contributed by atoms with van der Waals surface area (Å²) in [4.78, 5) is 27.6. The van der Waals surface area contributed by atoms with Crippen molar-refractivity contribution < 1.29 is 9.90 Å². The molecular formula is C21H30N4O3. The van der Waals surface area contributed by atoms with Crippen molar-refractivity contribution in [3.8, 4) is 0 Å². The van der Waals surface area contributed by atoms with Crippen molar-refractivity contribution >= 4 is 16.7 Å². The summed E-state index contributed by atoms with van der Waals surface area (Å²) in [6.07, 6.45) is 0.0882. The van der Waals surface area contributed by atoms with Crippen molar-refractivity contribution in [3.63, 3.8) is 0 Å². The number of aliphatic hydroxyl groups excluding tert-OH is 1. The smallest absolute Gasteiger partial charge is 0.275 e. The number of fused-ring (bicyclic) bond motifs is 1. The van der Waals surface area contributed by atoms with E-state index in [0.29, 0.717) is 18.4 Å². The molecule has 3 rings (SSSR count). The molecule has 0 radical (unpaired) electrons. The van der Waals surface area contributed by atoms with E-state index >= 15 is 0 Å². The Hall–Kier alpha value is -2.25. The number of nitrogens with zero attached hydrogens (tertiary/aromatic N) is 3. The Bertz CT molecular complexity index is 922. The van der Waals surface area contributed by atoms with E-state index in [2.05, 4.69) is 22.2 Å². The normalized spacial score (nSPS) is 20.6. The molecule has 1 aliphatic heterocycles. The number of piperidine rings is 1. The Labute approximate surface area is 165 Å². The highest BCUT2D eigenvalue weighted by Gasteiger charge is 2.28. The molecule has 2 atom stereocenters. The Kier molecular flexibility index (Phi) is 6.15. The van der Waals surface area contributed by atoms with Crippen molar-refractivity contribution in [1.82, 2.24) is 20.0 Å². The first kappa shape index (κ1) is 20.5. The van der Waals surface area contributed by atoms with E-state index in [1.165, 1.54) is 4.68 Å². The van der Waals surface area contributed by atoms with Gasteiger partial charge in [0.2, 0.25) is 5.91 Å². The number of rotatable bonds is 5. The van der Waals surface area contributed by atoms with E-state index in [-0.39, 0.29) is 30.0 Å². The number of carbonyl (C=O) groups excluding carboxylic acids is 1. The predicted octanol–water partition coefficient (Wildman–Crippen LogP) is 1.40. The van der Waals surface area contributed by atoms with Gasteiger partial charge in [0.15, 0.2) is 0 Å². The number of hydrogen-bond acceptors (Lipinski definition) is 5. The predicted molar refractivity (Wildman–Crippen MR) is 109 cm³/mol. The van der Waals surface area contributed by atoms with Crippen LogP contribution in [0.4, 0.5) is 0 Å². The molecule has 1 aliphatic rings. The van der Waals surface area contributed by atoms with E-state index in [1.54, 1.807) is 6.07 Å². The largest absolute Gasteiger partial charge is 0.390 e. The Morgan fingerprint density at radius 1 is 1.36 bits per heavy atom. The third kappa shape index (κ3) is 4.25. The molecule has 0 aliphatic carbocycles. The number of aliphatic hydroxyl groups is 1. The molecule has 1 saturated heterocycles. The maximum absolute atomic E-state index is 12.9. The first-order valence-corrected chi connectivity index (χ1v) is 10.0. The summed E-state index contributed by atoms with van der Waals surface area (Å²) in [7, 11) is 0. The highest BCUT2D eigenvalue weighted by atomic mass is 16.3. The van der Waals surface area contributed by atoms with Crippen LogP contribution in [0, 0.1) is 6.92 Å². The minimum absolute atomic E-state index is 0.124. The van der Waals surface area contributed by atoms with Crippen LogP contribution >= 0.6 is 0 Å². The highest BCUT2D eigenvalue weighted by Crippen LogP contribution is 2.22. The molecule has 152 valence electrons. The van der Waals surface area contributed by atoms with Crippen molar-refractivity contribution in [3.05, 3.63) is 39.8 Å². The molecule has 1 aromatic carbocycles. The Morgan fingerprint density at radius 3 is 2.75 bits per heavy atom. The van der Waals surface area contributed by atoms with E-state index < -0.39 is 6.10 Å². The SMILES string of the molecule is CCN1CC[C@H](NC(=O)Cn2nc(C(C)C)c3cc(C)ccc3c2=O)[C@H](O)C1. The van der Waals surface area contributed by atoms with Gasteiger partial charge in [0.05, 0.1) is 23.2 Å². The summed E-state index contributed by atoms with van der Waals surface area (Å²) < 4.78 is 1.25. The summed E-state index contributed by atoms with van der Waals surface area (Å²) in [6.45, 7) is 10.2. The number of carbonyl (C=O) groups is 1. The molecule has 28 heavy (non-hydrogen) atoms. The van der Waals surface area contributed by atoms with E-state index in [0.717, 1.165) is 29.7 Å². The second kappa shape index (κ2) is 8.41. The number of nitrogens with one attached hydrogen (secondary N) is 1. The maximum Gasteiger partial charge on any atom is 0.275 e. The number of amides is 1. The molecule has 7 heteroatoms. The number of benzene rings is 1. The van der Waals surface area contributed by atoms with Crippen molar-refractivity contribution in [2.75, 3.05) is 19.6 Å². The molecule has 7 nitrogen and oxygen atoms in total. The number of aromatic nitrogens is 2. The van der Waals surface area contributed by atoms with Crippen LogP contribution < -0.4 is 10.9 Å². The van der Waals surface area contributed by atoms with Gasteiger partial charge < -0.3 is 15.3 Å². The van der Waals surface area contributed by atoms with Gasteiger partial charge in [0.25, 0.3) is 5.56 Å². The molecule has 1 fully saturated rings. The Balaban J connectivity index is 1.82. The lowest BCUT2D eigenvalue weighted by molar-refractivity contribution is -0.124. The third-order valence-corrected chi connectivity index (χ3v) is 5.44. The van der Waals surface area contributed by atoms with Crippen molar-refractivity contribution in [1.29, 1.82) is 0 Å². The van der Waals surface area contributed by atoms with Crippen LogP contribution in [0.15, 0.2) is 23.0 Å². The van der Waals surface area contributed by atoms with Crippen molar-refractivity contribution in [2.45, 2.75) is 58.7 Å². The number of likely N-dealkylation sites (tertiary alicyclic amines) is 1. The summed E-state index contributed by atoms with van der Waals surface area (Å²) in [5, 5.41) is 19.1. The molecule has 0 spiro atoms. The van der Waals surface area contributed by atoms with Crippen LogP contribution in [-0.2, 0) is 11.3 Å². The van der Waals surface area contributed by atoms with Gasteiger partial charge in [-0.05, 0) is 37.9 Å². The van der Waals surface area contributed by atoms with Crippen LogP contribution in [0.2, 0.25) is 0 Å². The average Bonchev–Trinajstić information content (AvgIpc) is 2.65. The van der Waals surface area contributed by atoms with Crippen LogP contribution in [0.3, 0.4) is 0 Å². The van der Waals surface area contributed by atoms with Gasteiger partial charge >= 0.3 is 0 Å². The molecule has 2 N–H and O–H groups in total. The molecule has 0 saturated carbocycles. The minimum atomic E-state index is -0.604. The number of aryl methyl sites for hydroxylation is 1. The van der Waals surface area contributed by atoms with Gasteiger partial charge in [-0.25, -0.2) is 4.68 Å². The minimum Gasteiger partial charge on any atom is -0.390 e. The second-order valence-corrected chi connectivity index (χ2v) is 7.98. The zero-order valence-electron chi connectivity index (χ0n) is 17.1. The van der Waals surface area contributed by atoms with E-state index in [9.17, 15) is 14.7 Å². The first-order chi connectivity index (χ1) is 13.3. The first-order valence-electron chi connectivity index (χ1n) is 10.0. The summed E-state index contributed by atoms with van der Waals surface area (Å²) in [5.41, 5.74) is 1.61. The quantitative estimate of drug-likeness (QED) is 0.811.